The minimum Gasteiger partial charge on any atom is -0.497 e. The van der Waals surface area contributed by atoms with E-state index in [0.717, 1.165) is 30.6 Å². The average Bonchev–Trinajstić information content (AvgIpc) is 2.74. The molecule has 0 aliphatic heterocycles. The highest BCUT2D eigenvalue weighted by atomic mass is 16.5. The summed E-state index contributed by atoms with van der Waals surface area (Å²) in [6, 6.07) is 6.01. The van der Waals surface area contributed by atoms with Crippen LogP contribution in [0, 0.1) is 5.92 Å². The zero-order valence-corrected chi connectivity index (χ0v) is 11.4. The van der Waals surface area contributed by atoms with Gasteiger partial charge in [0.1, 0.15) is 5.75 Å². The van der Waals surface area contributed by atoms with Crippen LogP contribution in [0.1, 0.15) is 30.9 Å². The van der Waals surface area contributed by atoms with E-state index in [4.69, 9.17) is 9.47 Å². The first-order valence-electron chi connectivity index (χ1n) is 6.50. The Kier molecular flexibility index (Phi) is 3.93. The van der Waals surface area contributed by atoms with Gasteiger partial charge in [-0.15, -0.1) is 0 Å². The lowest BCUT2D eigenvalue weighted by Gasteiger charge is -2.31. The third-order valence-corrected chi connectivity index (χ3v) is 4.13. The number of benzene rings is 1. The molecule has 2 rings (SSSR count). The zero-order chi connectivity index (χ0) is 13.2. The van der Waals surface area contributed by atoms with Gasteiger partial charge >= 0.3 is 0 Å². The van der Waals surface area contributed by atoms with Gasteiger partial charge in [-0.2, -0.15) is 0 Å². The fraction of sp³-hybridized carbons (Fsp3) is 0.600. The SMILES string of the molecule is COCCC(C)C1(O)CCc2ccc(OC)cc21. The minimum absolute atomic E-state index is 0.186. The van der Waals surface area contributed by atoms with E-state index in [1.165, 1.54) is 5.56 Å². The largest absolute Gasteiger partial charge is 0.497 e. The van der Waals surface area contributed by atoms with Crippen LogP contribution in [0.25, 0.3) is 0 Å². The van der Waals surface area contributed by atoms with Crippen molar-refractivity contribution in [3.8, 4) is 5.75 Å². The Labute approximate surface area is 109 Å². The molecule has 1 N–H and O–H groups in total. The number of rotatable bonds is 5. The third-order valence-electron chi connectivity index (χ3n) is 4.13. The molecule has 1 aromatic rings. The molecule has 3 nitrogen and oxygen atoms in total. The van der Waals surface area contributed by atoms with E-state index in [2.05, 4.69) is 13.0 Å². The topological polar surface area (TPSA) is 38.7 Å². The molecule has 100 valence electrons. The van der Waals surface area contributed by atoms with Crippen LogP contribution in [0.4, 0.5) is 0 Å². The molecule has 0 saturated heterocycles. The quantitative estimate of drug-likeness (QED) is 0.872. The van der Waals surface area contributed by atoms with Crippen molar-refractivity contribution in [1.29, 1.82) is 0 Å². The highest BCUT2D eigenvalue weighted by Gasteiger charge is 2.41. The van der Waals surface area contributed by atoms with E-state index in [9.17, 15) is 5.11 Å². The van der Waals surface area contributed by atoms with Crippen LogP contribution in [0.5, 0.6) is 5.75 Å². The van der Waals surface area contributed by atoms with Crippen LogP contribution in [0.2, 0.25) is 0 Å². The Morgan fingerprint density at radius 3 is 2.83 bits per heavy atom. The maximum atomic E-state index is 10.9. The maximum Gasteiger partial charge on any atom is 0.119 e. The highest BCUT2D eigenvalue weighted by Crippen LogP contribution is 2.44. The lowest BCUT2D eigenvalue weighted by Crippen LogP contribution is -2.31. The summed E-state index contributed by atoms with van der Waals surface area (Å²) in [4.78, 5) is 0. The van der Waals surface area contributed by atoms with Gasteiger partial charge in [-0.25, -0.2) is 0 Å². The molecule has 1 aliphatic rings. The summed E-state index contributed by atoms with van der Waals surface area (Å²) >= 11 is 0. The molecule has 0 saturated carbocycles. The number of methoxy groups -OCH3 is 2. The normalized spacial score (nSPS) is 23.8. The van der Waals surface area contributed by atoms with Crippen molar-refractivity contribution in [1.82, 2.24) is 0 Å². The van der Waals surface area contributed by atoms with E-state index < -0.39 is 5.60 Å². The third kappa shape index (κ3) is 2.25. The smallest absolute Gasteiger partial charge is 0.119 e. The summed E-state index contributed by atoms with van der Waals surface area (Å²) in [5.74, 6) is 0.999. The van der Waals surface area contributed by atoms with Gasteiger partial charge in [0.05, 0.1) is 12.7 Å². The fourth-order valence-corrected chi connectivity index (χ4v) is 2.81. The predicted octanol–water partition coefficient (Wildman–Crippen LogP) is 2.50. The number of hydrogen-bond acceptors (Lipinski definition) is 3. The van der Waals surface area contributed by atoms with Crippen LogP contribution in [0.3, 0.4) is 0 Å². The van der Waals surface area contributed by atoms with Crippen molar-refractivity contribution in [3.63, 3.8) is 0 Å². The van der Waals surface area contributed by atoms with Gasteiger partial charge < -0.3 is 14.6 Å². The number of fused-ring (bicyclic) bond motifs is 1. The van der Waals surface area contributed by atoms with Crippen LogP contribution < -0.4 is 4.74 Å². The molecule has 2 atom stereocenters. The molecule has 0 bridgehead atoms. The molecule has 0 radical (unpaired) electrons. The first kappa shape index (κ1) is 13.4. The van der Waals surface area contributed by atoms with Crippen molar-refractivity contribution >= 4 is 0 Å². The monoisotopic (exact) mass is 250 g/mol. The summed E-state index contributed by atoms with van der Waals surface area (Å²) in [5.41, 5.74) is 1.54. The van der Waals surface area contributed by atoms with Crippen molar-refractivity contribution < 1.29 is 14.6 Å². The molecule has 0 aromatic heterocycles. The molecule has 0 fully saturated rings. The second-order valence-electron chi connectivity index (χ2n) is 5.13. The Morgan fingerprint density at radius 1 is 1.39 bits per heavy atom. The molecular weight excluding hydrogens is 228 g/mol. The fourth-order valence-electron chi connectivity index (χ4n) is 2.81. The Morgan fingerprint density at radius 2 is 2.17 bits per heavy atom. The highest BCUT2D eigenvalue weighted by molar-refractivity contribution is 5.43. The summed E-state index contributed by atoms with van der Waals surface area (Å²) in [5, 5.41) is 10.9. The second-order valence-corrected chi connectivity index (χ2v) is 5.13. The van der Waals surface area contributed by atoms with Gasteiger partial charge in [-0.1, -0.05) is 13.0 Å². The number of hydrogen-bond donors (Lipinski definition) is 1. The Balaban J connectivity index is 2.27. The summed E-state index contributed by atoms with van der Waals surface area (Å²) in [6.07, 6.45) is 2.59. The molecule has 2 unspecified atom stereocenters. The van der Waals surface area contributed by atoms with E-state index in [1.807, 2.05) is 12.1 Å². The first-order chi connectivity index (χ1) is 8.61. The van der Waals surface area contributed by atoms with Crippen LogP contribution in [-0.4, -0.2) is 25.9 Å². The maximum absolute atomic E-state index is 10.9. The Hall–Kier alpha value is -1.06. The number of ether oxygens (including phenoxy) is 2. The minimum atomic E-state index is -0.734. The molecular formula is C15H22O3. The average molecular weight is 250 g/mol. The summed E-state index contributed by atoms with van der Waals surface area (Å²) in [7, 11) is 3.35. The molecule has 1 aliphatic carbocycles. The lowest BCUT2D eigenvalue weighted by atomic mass is 9.82. The first-order valence-corrected chi connectivity index (χ1v) is 6.50. The van der Waals surface area contributed by atoms with E-state index in [1.54, 1.807) is 14.2 Å². The van der Waals surface area contributed by atoms with Crippen molar-refractivity contribution in [2.45, 2.75) is 31.8 Å². The van der Waals surface area contributed by atoms with Crippen LogP contribution >= 0.6 is 0 Å². The van der Waals surface area contributed by atoms with E-state index in [0.29, 0.717) is 6.61 Å². The molecule has 0 spiro atoms. The van der Waals surface area contributed by atoms with Crippen molar-refractivity contribution in [2.75, 3.05) is 20.8 Å². The molecule has 18 heavy (non-hydrogen) atoms. The van der Waals surface area contributed by atoms with Gasteiger partial charge in [0.2, 0.25) is 0 Å². The van der Waals surface area contributed by atoms with Crippen molar-refractivity contribution in [2.24, 2.45) is 5.92 Å². The molecule has 0 amide bonds. The summed E-state index contributed by atoms with van der Waals surface area (Å²) < 4.78 is 10.4. The lowest BCUT2D eigenvalue weighted by molar-refractivity contribution is -0.0263. The number of aryl methyl sites for hydroxylation is 1. The van der Waals surface area contributed by atoms with Gasteiger partial charge in [0.15, 0.2) is 0 Å². The van der Waals surface area contributed by atoms with E-state index >= 15 is 0 Å². The Bertz CT molecular complexity index is 416. The molecule has 3 heteroatoms. The van der Waals surface area contributed by atoms with Gasteiger partial charge in [0, 0.05) is 13.7 Å². The standard InChI is InChI=1S/C15H22O3/c1-11(7-9-17-2)15(16)8-6-12-4-5-13(18-3)10-14(12)15/h4-5,10-11,16H,6-9H2,1-3H3. The van der Waals surface area contributed by atoms with Gasteiger partial charge in [-0.05, 0) is 48.4 Å². The van der Waals surface area contributed by atoms with Gasteiger partial charge in [-0.3, -0.25) is 0 Å². The zero-order valence-electron chi connectivity index (χ0n) is 11.4. The van der Waals surface area contributed by atoms with Crippen LogP contribution in [0.15, 0.2) is 18.2 Å². The molecule has 0 heterocycles. The van der Waals surface area contributed by atoms with Gasteiger partial charge in [0.25, 0.3) is 0 Å². The van der Waals surface area contributed by atoms with Crippen molar-refractivity contribution in [3.05, 3.63) is 29.3 Å². The predicted molar refractivity (Wildman–Crippen MR) is 70.9 cm³/mol. The molecule has 1 aromatic carbocycles. The van der Waals surface area contributed by atoms with E-state index in [-0.39, 0.29) is 5.92 Å². The number of aliphatic hydroxyl groups is 1. The summed E-state index contributed by atoms with van der Waals surface area (Å²) in [6.45, 7) is 2.77. The second kappa shape index (κ2) is 5.29. The van der Waals surface area contributed by atoms with Crippen LogP contribution in [-0.2, 0) is 16.8 Å².